The predicted molar refractivity (Wildman–Crippen MR) is 86.9 cm³/mol. The zero-order valence-corrected chi connectivity index (χ0v) is 13.4. The summed E-state index contributed by atoms with van der Waals surface area (Å²) in [6.45, 7) is 2.75. The molecule has 6 heteroatoms. The normalized spacial score (nSPS) is 10.7. The first-order valence-corrected chi connectivity index (χ1v) is 8.23. The number of hydrogen-bond acceptors (Lipinski definition) is 4. The van der Waals surface area contributed by atoms with Gasteiger partial charge in [-0.05, 0) is 24.6 Å². The molecule has 1 aromatic carbocycles. The van der Waals surface area contributed by atoms with E-state index in [9.17, 15) is 4.79 Å². The van der Waals surface area contributed by atoms with E-state index >= 15 is 0 Å². The van der Waals surface area contributed by atoms with Gasteiger partial charge in [-0.1, -0.05) is 43.1 Å². The average Bonchev–Trinajstić information content (AvgIpc) is 2.47. The lowest BCUT2D eigenvalue weighted by Crippen LogP contribution is -2.23. The fraction of sp³-hybridized carbons (Fsp3) is 0.400. The van der Waals surface area contributed by atoms with E-state index < -0.39 is 0 Å². The van der Waals surface area contributed by atoms with Gasteiger partial charge in [-0.3, -0.25) is 9.36 Å². The van der Waals surface area contributed by atoms with Crippen LogP contribution in [-0.4, -0.2) is 15.3 Å². The van der Waals surface area contributed by atoms with Crippen molar-refractivity contribution in [2.24, 2.45) is 0 Å². The summed E-state index contributed by atoms with van der Waals surface area (Å²) in [6, 6.07) is 7.17. The fourth-order valence-corrected chi connectivity index (χ4v) is 2.95. The molecule has 0 saturated heterocycles. The van der Waals surface area contributed by atoms with Crippen LogP contribution in [0.5, 0.6) is 0 Å². The molecule has 4 nitrogen and oxygen atoms in total. The summed E-state index contributed by atoms with van der Waals surface area (Å²) >= 11 is 7.25. The lowest BCUT2D eigenvalue weighted by Gasteiger charge is -2.12. The smallest absolute Gasteiger partial charge is 0.262 e. The van der Waals surface area contributed by atoms with Crippen molar-refractivity contribution in [1.82, 2.24) is 9.55 Å². The first-order chi connectivity index (χ1) is 10.2. The Bertz CT molecular complexity index is 736. The van der Waals surface area contributed by atoms with E-state index in [1.165, 1.54) is 11.8 Å². The van der Waals surface area contributed by atoms with Crippen LogP contribution in [0.3, 0.4) is 0 Å². The summed E-state index contributed by atoms with van der Waals surface area (Å²) in [5.74, 6) is 0.270. The number of rotatable bonds is 6. The molecule has 1 heterocycles. The van der Waals surface area contributed by atoms with Gasteiger partial charge in [0.05, 0.1) is 22.7 Å². The lowest BCUT2D eigenvalue weighted by molar-refractivity contribution is 0.542. The zero-order valence-electron chi connectivity index (χ0n) is 11.8. The monoisotopic (exact) mass is 321 g/mol. The minimum atomic E-state index is -0.0618. The standard InChI is InChI=1S/C15H16ClN3OS/c1-2-3-4-8-19-14(20)12-6-5-11(16)10-13(12)18-15(19)21-9-7-17/h5-6,10H,2-4,8-9H2,1H3. The molecule has 0 amide bonds. The highest BCUT2D eigenvalue weighted by atomic mass is 35.5. The van der Waals surface area contributed by atoms with Gasteiger partial charge in [0.15, 0.2) is 5.16 Å². The summed E-state index contributed by atoms with van der Waals surface area (Å²) in [7, 11) is 0. The Morgan fingerprint density at radius 3 is 2.95 bits per heavy atom. The van der Waals surface area contributed by atoms with Gasteiger partial charge in [-0.25, -0.2) is 4.98 Å². The van der Waals surface area contributed by atoms with Crippen LogP contribution in [0.25, 0.3) is 10.9 Å². The zero-order chi connectivity index (χ0) is 15.2. The minimum absolute atomic E-state index is 0.0618. The van der Waals surface area contributed by atoms with Crippen molar-refractivity contribution in [3.05, 3.63) is 33.6 Å². The molecule has 0 bridgehead atoms. The highest BCUT2D eigenvalue weighted by Gasteiger charge is 2.11. The Balaban J connectivity index is 2.51. The molecule has 21 heavy (non-hydrogen) atoms. The lowest BCUT2D eigenvalue weighted by atomic mass is 10.2. The van der Waals surface area contributed by atoms with Crippen molar-refractivity contribution in [3.63, 3.8) is 0 Å². The number of hydrogen-bond donors (Lipinski definition) is 0. The largest absolute Gasteiger partial charge is 0.287 e. The first-order valence-electron chi connectivity index (χ1n) is 6.87. The molecule has 0 aliphatic heterocycles. The summed E-state index contributed by atoms with van der Waals surface area (Å²) in [5.41, 5.74) is 0.521. The average molecular weight is 322 g/mol. The summed E-state index contributed by atoms with van der Waals surface area (Å²) in [4.78, 5) is 17.1. The van der Waals surface area contributed by atoms with Gasteiger partial charge in [-0.15, -0.1) is 0 Å². The van der Waals surface area contributed by atoms with Crippen molar-refractivity contribution in [3.8, 4) is 6.07 Å². The Morgan fingerprint density at radius 1 is 1.43 bits per heavy atom. The van der Waals surface area contributed by atoms with Gasteiger partial charge in [-0.2, -0.15) is 5.26 Å². The molecule has 2 rings (SSSR count). The molecule has 0 N–H and O–H groups in total. The van der Waals surface area contributed by atoms with Gasteiger partial charge in [0.1, 0.15) is 0 Å². The van der Waals surface area contributed by atoms with Crippen LogP contribution in [-0.2, 0) is 6.54 Å². The second-order valence-electron chi connectivity index (χ2n) is 4.67. The number of nitrogens with zero attached hydrogens (tertiary/aromatic N) is 3. The topological polar surface area (TPSA) is 58.7 Å². The van der Waals surface area contributed by atoms with Gasteiger partial charge >= 0.3 is 0 Å². The third-order valence-corrected chi connectivity index (χ3v) is 4.21. The van der Waals surface area contributed by atoms with E-state index in [0.29, 0.717) is 27.6 Å². The number of aromatic nitrogens is 2. The number of nitriles is 1. The van der Waals surface area contributed by atoms with Gasteiger partial charge < -0.3 is 0 Å². The van der Waals surface area contributed by atoms with E-state index in [0.717, 1.165) is 19.3 Å². The van der Waals surface area contributed by atoms with Crippen LogP contribution in [0.1, 0.15) is 26.2 Å². The molecule has 0 fully saturated rings. The molecule has 2 aromatic rings. The molecule has 0 unspecified atom stereocenters. The number of benzene rings is 1. The van der Waals surface area contributed by atoms with Crippen LogP contribution in [0.15, 0.2) is 28.2 Å². The van der Waals surface area contributed by atoms with Crippen molar-refractivity contribution < 1.29 is 0 Å². The first kappa shape index (κ1) is 15.9. The van der Waals surface area contributed by atoms with Gasteiger partial charge in [0, 0.05) is 11.6 Å². The predicted octanol–water partition coefficient (Wildman–Crippen LogP) is 3.86. The Labute approximate surface area is 132 Å². The van der Waals surface area contributed by atoms with E-state index in [4.69, 9.17) is 16.9 Å². The molecule has 1 aromatic heterocycles. The van der Waals surface area contributed by atoms with Crippen molar-refractivity contribution in [2.45, 2.75) is 37.9 Å². The molecular weight excluding hydrogens is 306 g/mol. The maximum absolute atomic E-state index is 12.6. The van der Waals surface area contributed by atoms with E-state index in [-0.39, 0.29) is 11.3 Å². The summed E-state index contributed by atoms with van der Waals surface area (Å²) in [6.07, 6.45) is 3.08. The van der Waals surface area contributed by atoms with Gasteiger partial charge in [0.2, 0.25) is 0 Å². The summed E-state index contributed by atoms with van der Waals surface area (Å²) < 4.78 is 1.67. The van der Waals surface area contributed by atoms with Crippen LogP contribution in [0.4, 0.5) is 0 Å². The van der Waals surface area contributed by atoms with Crippen molar-refractivity contribution in [1.29, 1.82) is 5.26 Å². The number of fused-ring (bicyclic) bond motifs is 1. The second-order valence-corrected chi connectivity index (χ2v) is 6.05. The number of halogens is 1. The molecule has 0 spiro atoms. The molecule has 0 saturated carbocycles. The Hall–Kier alpha value is -1.51. The minimum Gasteiger partial charge on any atom is -0.287 e. The third kappa shape index (κ3) is 3.78. The van der Waals surface area contributed by atoms with Crippen molar-refractivity contribution in [2.75, 3.05) is 5.75 Å². The Kier molecular flexibility index (Phi) is 5.66. The highest BCUT2D eigenvalue weighted by molar-refractivity contribution is 7.99. The molecule has 0 aliphatic carbocycles. The molecular formula is C15H16ClN3OS. The van der Waals surface area contributed by atoms with Crippen LogP contribution in [0.2, 0.25) is 5.02 Å². The van der Waals surface area contributed by atoms with Crippen LogP contribution < -0.4 is 5.56 Å². The quantitative estimate of drug-likeness (QED) is 0.460. The van der Waals surface area contributed by atoms with Gasteiger partial charge in [0.25, 0.3) is 5.56 Å². The number of unbranched alkanes of at least 4 members (excludes halogenated alkanes) is 2. The van der Waals surface area contributed by atoms with Crippen LogP contribution >= 0.6 is 23.4 Å². The van der Waals surface area contributed by atoms with E-state index in [1.807, 2.05) is 0 Å². The molecule has 0 aliphatic rings. The maximum atomic E-state index is 12.6. The molecule has 110 valence electrons. The maximum Gasteiger partial charge on any atom is 0.262 e. The van der Waals surface area contributed by atoms with Crippen molar-refractivity contribution >= 4 is 34.3 Å². The van der Waals surface area contributed by atoms with E-state index in [2.05, 4.69) is 18.0 Å². The SMILES string of the molecule is CCCCCn1c(SCC#N)nc2cc(Cl)ccc2c1=O. The molecule has 0 atom stereocenters. The van der Waals surface area contributed by atoms with E-state index in [1.54, 1.807) is 22.8 Å². The Morgan fingerprint density at radius 2 is 2.24 bits per heavy atom. The molecule has 0 radical (unpaired) electrons. The number of thioether (sulfide) groups is 1. The van der Waals surface area contributed by atoms with Crippen LogP contribution in [0, 0.1) is 11.3 Å². The summed E-state index contributed by atoms with van der Waals surface area (Å²) in [5, 5.41) is 10.5. The third-order valence-electron chi connectivity index (χ3n) is 3.13. The second kappa shape index (κ2) is 7.48. The fourth-order valence-electron chi connectivity index (χ4n) is 2.10. The highest BCUT2D eigenvalue weighted by Crippen LogP contribution is 2.20.